The molecule has 0 bridgehead atoms. The molecule has 102 valence electrons. The Hall–Kier alpha value is -0.470. The van der Waals surface area contributed by atoms with Crippen molar-refractivity contribution in [2.24, 2.45) is 0 Å². The van der Waals surface area contributed by atoms with Crippen LogP contribution in [0.5, 0.6) is 0 Å². The molecule has 1 aromatic rings. The summed E-state index contributed by atoms with van der Waals surface area (Å²) in [5, 5.41) is 4.32. The molecular formula is C16H27NS. The average molecular weight is 265 g/mol. The van der Waals surface area contributed by atoms with Gasteiger partial charge in [0, 0.05) is 16.2 Å². The van der Waals surface area contributed by atoms with E-state index in [-0.39, 0.29) is 0 Å². The Bertz CT molecular complexity index is 332. The van der Waals surface area contributed by atoms with Crippen molar-refractivity contribution in [1.82, 2.24) is 5.32 Å². The third-order valence-electron chi connectivity index (χ3n) is 3.19. The molecular weight excluding hydrogens is 238 g/mol. The molecule has 0 aliphatic rings. The van der Waals surface area contributed by atoms with Crippen molar-refractivity contribution in [1.29, 1.82) is 0 Å². The van der Waals surface area contributed by atoms with Gasteiger partial charge in [0.05, 0.1) is 0 Å². The minimum absolute atomic E-state index is 0.635. The van der Waals surface area contributed by atoms with Gasteiger partial charge in [-0.25, -0.2) is 0 Å². The number of hydrogen-bond acceptors (Lipinski definition) is 2. The maximum atomic E-state index is 3.65. The first-order chi connectivity index (χ1) is 8.71. The van der Waals surface area contributed by atoms with Crippen LogP contribution in [0.1, 0.15) is 45.6 Å². The van der Waals surface area contributed by atoms with Crippen molar-refractivity contribution in [3.8, 4) is 0 Å². The molecule has 0 saturated heterocycles. The fourth-order valence-electron chi connectivity index (χ4n) is 2.31. The predicted molar refractivity (Wildman–Crippen MR) is 83.5 cm³/mol. The molecule has 0 aliphatic heterocycles. The quantitative estimate of drug-likeness (QED) is 0.687. The van der Waals surface area contributed by atoms with Crippen molar-refractivity contribution in [3.63, 3.8) is 0 Å². The van der Waals surface area contributed by atoms with E-state index in [2.05, 4.69) is 57.3 Å². The van der Waals surface area contributed by atoms with Crippen LogP contribution in [-0.2, 0) is 0 Å². The van der Waals surface area contributed by atoms with Crippen LogP contribution in [-0.4, -0.2) is 17.8 Å². The lowest BCUT2D eigenvalue weighted by atomic mass is 10.1. The zero-order valence-electron chi connectivity index (χ0n) is 12.2. The van der Waals surface area contributed by atoms with Gasteiger partial charge in [-0.15, -0.1) is 11.8 Å². The lowest BCUT2D eigenvalue weighted by Gasteiger charge is -2.26. The first-order valence-electron chi connectivity index (χ1n) is 7.17. The van der Waals surface area contributed by atoms with Crippen molar-refractivity contribution < 1.29 is 0 Å². The monoisotopic (exact) mass is 265 g/mol. The first-order valence-corrected chi connectivity index (χ1v) is 8.05. The van der Waals surface area contributed by atoms with Crippen LogP contribution in [0, 0.1) is 6.92 Å². The van der Waals surface area contributed by atoms with Gasteiger partial charge in [0.25, 0.3) is 0 Å². The van der Waals surface area contributed by atoms with Crippen molar-refractivity contribution in [2.75, 3.05) is 6.54 Å². The van der Waals surface area contributed by atoms with E-state index in [4.69, 9.17) is 0 Å². The standard InChI is InChI=1S/C16H27NS/c1-5-9-15(17-7-3)16(6-2)18-14-11-8-10-13(4)12-14/h8,10-12,15-17H,5-7,9H2,1-4H3. The molecule has 0 spiro atoms. The SMILES string of the molecule is CCCC(NCC)C(CC)Sc1cccc(C)c1. The maximum absolute atomic E-state index is 3.65. The molecule has 1 N–H and O–H groups in total. The fourth-order valence-corrected chi connectivity index (χ4v) is 3.63. The highest BCUT2D eigenvalue weighted by atomic mass is 32.2. The number of benzene rings is 1. The van der Waals surface area contributed by atoms with Crippen LogP contribution in [0.2, 0.25) is 0 Å². The third kappa shape index (κ3) is 5.03. The number of hydrogen-bond donors (Lipinski definition) is 1. The Labute approximate surface area is 117 Å². The van der Waals surface area contributed by atoms with Crippen LogP contribution >= 0.6 is 11.8 Å². The summed E-state index contributed by atoms with van der Waals surface area (Å²) in [6, 6.07) is 9.48. The van der Waals surface area contributed by atoms with Crippen LogP contribution in [0.4, 0.5) is 0 Å². The molecule has 1 rings (SSSR count). The highest BCUT2D eigenvalue weighted by Crippen LogP contribution is 2.29. The Morgan fingerprint density at radius 1 is 1.22 bits per heavy atom. The Balaban J connectivity index is 2.69. The molecule has 0 saturated carbocycles. The second-order valence-electron chi connectivity index (χ2n) is 4.83. The molecule has 1 aromatic carbocycles. The summed E-state index contributed by atoms with van der Waals surface area (Å²) in [5.41, 5.74) is 1.35. The third-order valence-corrected chi connectivity index (χ3v) is 4.68. The molecule has 2 unspecified atom stereocenters. The summed E-state index contributed by atoms with van der Waals surface area (Å²) in [6.45, 7) is 10.0. The smallest absolute Gasteiger partial charge is 0.0245 e. The molecule has 0 fully saturated rings. The van der Waals surface area contributed by atoms with E-state index in [1.165, 1.54) is 29.7 Å². The van der Waals surface area contributed by atoms with Crippen LogP contribution in [0.3, 0.4) is 0 Å². The number of thioether (sulfide) groups is 1. The molecule has 0 radical (unpaired) electrons. The molecule has 0 aromatic heterocycles. The van der Waals surface area contributed by atoms with Crippen LogP contribution in [0.25, 0.3) is 0 Å². The normalized spacial score (nSPS) is 14.4. The molecule has 0 heterocycles. The first kappa shape index (κ1) is 15.6. The van der Waals surface area contributed by atoms with Gasteiger partial charge in [0.2, 0.25) is 0 Å². The number of nitrogens with one attached hydrogen (secondary N) is 1. The number of rotatable bonds is 8. The van der Waals surface area contributed by atoms with Gasteiger partial charge < -0.3 is 5.32 Å². The molecule has 1 nitrogen and oxygen atoms in total. The maximum Gasteiger partial charge on any atom is 0.0245 e. The molecule has 0 amide bonds. The van der Waals surface area contributed by atoms with E-state index >= 15 is 0 Å². The highest BCUT2D eigenvalue weighted by molar-refractivity contribution is 8.00. The van der Waals surface area contributed by atoms with E-state index in [0.29, 0.717) is 11.3 Å². The highest BCUT2D eigenvalue weighted by Gasteiger charge is 2.19. The largest absolute Gasteiger partial charge is 0.313 e. The average Bonchev–Trinajstić information content (AvgIpc) is 2.36. The summed E-state index contributed by atoms with van der Waals surface area (Å²) in [7, 11) is 0. The fraction of sp³-hybridized carbons (Fsp3) is 0.625. The van der Waals surface area contributed by atoms with Gasteiger partial charge in [-0.05, 0) is 38.4 Å². The van der Waals surface area contributed by atoms with E-state index < -0.39 is 0 Å². The van der Waals surface area contributed by atoms with Crippen LogP contribution in [0.15, 0.2) is 29.2 Å². The summed E-state index contributed by atoms with van der Waals surface area (Å²) < 4.78 is 0. The van der Waals surface area contributed by atoms with E-state index in [0.717, 1.165) is 6.54 Å². The molecule has 2 heteroatoms. The van der Waals surface area contributed by atoms with Gasteiger partial charge in [-0.1, -0.05) is 44.9 Å². The zero-order valence-corrected chi connectivity index (χ0v) is 13.0. The minimum Gasteiger partial charge on any atom is -0.313 e. The van der Waals surface area contributed by atoms with Crippen molar-refractivity contribution in [2.45, 2.75) is 63.1 Å². The Morgan fingerprint density at radius 2 is 2.00 bits per heavy atom. The van der Waals surface area contributed by atoms with Gasteiger partial charge in [-0.3, -0.25) is 0 Å². The van der Waals surface area contributed by atoms with Gasteiger partial charge >= 0.3 is 0 Å². The lowest BCUT2D eigenvalue weighted by molar-refractivity contribution is 0.465. The molecule has 2 atom stereocenters. The summed E-state index contributed by atoms with van der Waals surface area (Å²) in [5.74, 6) is 0. The molecule has 0 aliphatic carbocycles. The molecule has 18 heavy (non-hydrogen) atoms. The van der Waals surface area contributed by atoms with Crippen molar-refractivity contribution >= 4 is 11.8 Å². The predicted octanol–water partition coefficient (Wildman–Crippen LogP) is 4.64. The number of aryl methyl sites for hydroxylation is 1. The summed E-state index contributed by atoms with van der Waals surface area (Å²) >= 11 is 2.03. The zero-order chi connectivity index (χ0) is 13.4. The van der Waals surface area contributed by atoms with Gasteiger partial charge in [0.15, 0.2) is 0 Å². The van der Waals surface area contributed by atoms with E-state index in [9.17, 15) is 0 Å². The second kappa shape index (κ2) is 8.60. The van der Waals surface area contributed by atoms with Gasteiger partial charge in [-0.2, -0.15) is 0 Å². The summed E-state index contributed by atoms with van der Waals surface area (Å²) in [4.78, 5) is 1.40. The minimum atomic E-state index is 0.635. The van der Waals surface area contributed by atoms with E-state index in [1.54, 1.807) is 0 Å². The Kier molecular flexibility index (Phi) is 7.45. The van der Waals surface area contributed by atoms with Crippen molar-refractivity contribution in [3.05, 3.63) is 29.8 Å². The van der Waals surface area contributed by atoms with Crippen LogP contribution < -0.4 is 5.32 Å². The Morgan fingerprint density at radius 3 is 2.56 bits per heavy atom. The van der Waals surface area contributed by atoms with Gasteiger partial charge in [0.1, 0.15) is 0 Å². The lowest BCUT2D eigenvalue weighted by Crippen LogP contribution is -2.37. The second-order valence-corrected chi connectivity index (χ2v) is 6.15. The summed E-state index contributed by atoms with van der Waals surface area (Å²) in [6.07, 6.45) is 3.74. The van der Waals surface area contributed by atoms with E-state index in [1.807, 2.05) is 11.8 Å². The topological polar surface area (TPSA) is 12.0 Å².